The highest BCUT2D eigenvalue weighted by Crippen LogP contribution is 2.20. The fourth-order valence-electron chi connectivity index (χ4n) is 2.98. The first-order chi connectivity index (χ1) is 13.4. The van der Waals surface area contributed by atoms with Crippen LogP contribution in [-0.4, -0.2) is 62.1 Å². The minimum Gasteiger partial charge on any atom is -0.447 e. The maximum atomic E-state index is 13.1. The lowest BCUT2D eigenvalue weighted by Crippen LogP contribution is -2.36. The predicted octanol–water partition coefficient (Wildman–Crippen LogP) is 3.50. The Morgan fingerprint density at radius 3 is 2.32 bits per heavy atom. The molecule has 0 N–H and O–H groups in total. The van der Waals surface area contributed by atoms with Gasteiger partial charge < -0.3 is 14.5 Å². The fourth-order valence-corrected chi connectivity index (χ4v) is 3.10. The summed E-state index contributed by atoms with van der Waals surface area (Å²) in [5.74, 6) is -0.0488. The number of hydrogen-bond donors (Lipinski definition) is 0. The summed E-state index contributed by atoms with van der Waals surface area (Å²) in [6, 6.07) is 14.6. The second kappa shape index (κ2) is 9.08. The maximum Gasteiger partial charge on any atom is 0.414 e. The largest absolute Gasteiger partial charge is 0.447 e. The number of amides is 2. The van der Waals surface area contributed by atoms with E-state index in [1.54, 1.807) is 29.2 Å². The average molecular weight is 402 g/mol. The van der Waals surface area contributed by atoms with Gasteiger partial charge in [-0.3, -0.25) is 9.69 Å². The molecule has 6 nitrogen and oxygen atoms in total. The van der Waals surface area contributed by atoms with E-state index in [9.17, 15) is 9.59 Å². The summed E-state index contributed by atoms with van der Waals surface area (Å²) < 4.78 is 4.96. The molecule has 0 radical (unpaired) electrons. The van der Waals surface area contributed by atoms with Gasteiger partial charge in [-0.05, 0) is 56.1 Å². The number of cyclic esters (lactones) is 1. The van der Waals surface area contributed by atoms with E-state index >= 15 is 0 Å². The van der Waals surface area contributed by atoms with Gasteiger partial charge in [0, 0.05) is 35.9 Å². The van der Waals surface area contributed by atoms with E-state index < -0.39 is 0 Å². The van der Waals surface area contributed by atoms with Crippen LogP contribution in [0, 0.1) is 0 Å². The summed E-state index contributed by atoms with van der Waals surface area (Å²) in [6.45, 7) is 2.78. The van der Waals surface area contributed by atoms with E-state index in [1.807, 2.05) is 48.2 Å². The van der Waals surface area contributed by atoms with E-state index in [2.05, 4.69) is 0 Å². The Morgan fingerprint density at radius 2 is 1.75 bits per heavy atom. The van der Waals surface area contributed by atoms with Crippen molar-refractivity contribution in [2.45, 2.75) is 6.54 Å². The summed E-state index contributed by atoms with van der Waals surface area (Å²) in [6.07, 6.45) is -0.352. The molecule has 1 fully saturated rings. The summed E-state index contributed by atoms with van der Waals surface area (Å²) in [5, 5.41) is 0.672. The summed E-state index contributed by atoms with van der Waals surface area (Å²) >= 11 is 5.96. The van der Waals surface area contributed by atoms with Crippen LogP contribution in [0.1, 0.15) is 15.9 Å². The minimum absolute atomic E-state index is 0.0488. The van der Waals surface area contributed by atoms with E-state index in [-0.39, 0.29) is 12.0 Å². The lowest BCUT2D eigenvalue weighted by Gasteiger charge is -2.25. The summed E-state index contributed by atoms with van der Waals surface area (Å²) in [4.78, 5) is 30.2. The molecule has 148 valence electrons. The molecule has 7 heteroatoms. The van der Waals surface area contributed by atoms with Gasteiger partial charge in [0.2, 0.25) is 0 Å². The van der Waals surface area contributed by atoms with Crippen molar-refractivity contribution < 1.29 is 14.3 Å². The number of ether oxygens (including phenoxy) is 1. The van der Waals surface area contributed by atoms with Crippen molar-refractivity contribution >= 4 is 29.3 Å². The molecule has 0 saturated carbocycles. The van der Waals surface area contributed by atoms with E-state index in [1.165, 1.54) is 0 Å². The normalized spacial score (nSPS) is 13.7. The topological polar surface area (TPSA) is 53.1 Å². The van der Waals surface area contributed by atoms with Crippen LogP contribution in [-0.2, 0) is 11.3 Å². The van der Waals surface area contributed by atoms with Gasteiger partial charge in [-0.15, -0.1) is 0 Å². The number of benzene rings is 2. The van der Waals surface area contributed by atoms with Gasteiger partial charge in [-0.1, -0.05) is 23.7 Å². The molecule has 0 unspecified atom stereocenters. The van der Waals surface area contributed by atoms with Crippen molar-refractivity contribution in [2.75, 3.05) is 45.2 Å². The molecule has 2 amide bonds. The quantitative estimate of drug-likeness (QED) is 0.712. The van der Waals surface area contributed by atoms with Crippen LogP contribution < -0.4 is 4.90 Å². The third-order valence-electron chi connectivity index (χ3n) is 4.58. The van der Waals surface area contributed by atoms with E-state index in [0.717, 1.165) is 17.8 Å². The molecule has 3 rings (SSSR count). The van der Waals surface area contributed by atoms with Crippen LogP contribution in [0.3, 0.4) is 0 Å². The molecular weight excluding hydrogens is 378 g/mol. The Morgan fingerprint density at radius 1 is 1.07 bits per heavy atom. The Balaban J connectivity index is 1.75. The molecule has 0 aliphatic carbocycles. The molecule has 2 aromatic rings. The first kappa shape index (κ1) is 20.2. The Labute approximate surface area is 170 Å². The molecular formula is C21H24ClN3O3. The minimum atomic E-state index is -0.352. The monoisotopic (exact) mass is 401 g/mol. The molecule has 1 aliphatic heterocycles. The van der Waals surface area contributed by atoms with Crippen molar-refractivity contribution in [1.29, 1.82) is 0 Å². The molecule has 0 aromatic heterocycles. The van der Waals surface area contributed by atoms with Gasteiger partial charge >= 0.3 is 6.09 Å². The standard InChI is InChI=1S/C21H24ClN3O3/c1-23(2)11-12-24(15-16-3-7-18(22)8-4-16)20(26)17-5-9-19(10-6-17)25-13-14-28-21(25)27/h3-10H,11-15H2,1-2H3. The highest BCUT2D eigenvalue weighted by atomic mass is 35.5. The molecule has 0 bridgehead atoms. The smallest absolute Gasteiger partial charge is 0.414 e. The summed E-state index contributed by atoms with van der Waals surface area (Å²) in [5.41, 5.74) is 2.34. The van der Waals surface area contributed by atoms with Crippen LogP contribution >= 0.6 is 11.6 Å². The molecule has 2 aromatic carbocycles. The Kier molecular flexibility index (Phi) is 6.54. The van der Waals surface area contributed by atoms with Gasteiger partial charge in [-0.2, -0.15) is 0 Å². The number of anilines is 1. The third kappa shape index (κ3) is 5.03. The van der Waals surface area contributed by atoms with Crippen molar-refractivity contribution in [1.82, 2.24) is 9.80 Å². The first-order valence-electron chi connectivity index (χ1n) is 9.17. The Bertz CT molecular complexity index is 822. The number of likely N-dealkylation sites (N-methyl/N-ethyl adjacent to an activating group) is 1. The summed E-state index contributed by atoms with van der Waals surface area (Å²) in [7, 11) is 3.96. The molecule has 1 aliphatic rings. The number of hydrogen-bond acceptors (Lipinski definition) is 4. The van der Waals surface area contributed by atoms with E-state index in [4.69, 9.17) is 16.3 Å². The second-order valence-electron chi connectivity index (χ2n) is 6.97. The number of rotatable bonds is 7. The zero-order valence-corrected chi connectivity index (χ0v) is 16.9. The van der Waals surface area contributed by atoms with E-state index in [0.29, 0.717) is 36.8 Å². The lowest BCUT2D eigenvalue weighted by molar-refractivity contribution is 0.0732. The zero-order valence-electron chi connectivity index (χ0n) is 16.1. The van der Waals surface area contributed by atoms with Crippen LogP contribution in [0.5, 0.6) is 0 Å². The van der Waals surface area contributed by atoms with Crippen molar-refractivity contribution in [3.05, 3.63) is 64.7 Å². The number of carbonyl (C=O) groups excluding carboxylic acids is 2. The molecule has 0 atom stereocenters. The molecule has 1 heterocycles. The number of carbonyl (C=O) groups is 2. The van der Waals surface area contributed by atoms with Gasteiger partial charge in [-0.25, -0.2) is 4.79 Å². The lowest BCUT2D eigenvalue weighted by atomic mass is 10.1. The second-order valence-corrected chi connectivity index (χ2v) is 7.41. The van der Waals surface area contributed by atoms with Crippen LogP contribution in [0.4, 0.5) is 10.5 Å². The van der Waals surface area contributed by atoms with Gasteiger partial charge in [0.1, 0.15) is 6.61 Å². The fraction of sp³-hybridized carbons (Fsp3) is 0.333. The Hall–Kier alpha value is -2.57. The SMILES string of the molecule is CN(C)CCN(Cc1ccc(Cl)cc1)C(=O)c1ccc(N2CCOC2=O)cc1. The van der Waals surface area contributed by atoms with Crippen molar-refractivity contribution in [3.63, 3.8) is 0 Å². The highest BCUT2D eigenvalue weighted by Gasteiger charge is 2.24. The average Bonchev–Trinajstić information content (AvgIpc) is 3.12. The molecule has 1 saturated heterocycles. The molecule has 28 heavy (non-hydrogen) atoms. The van der Waals surface area contributed by atoms with Crippen molar-refractivity contribution in [3.8, 4) is 0 Å². The van der Waals surface area contributed by atoms with Crippen LogP contribution in [0.15, 0.2) is 48.5 Å². The zero-order chi connectivity index (χ0) is 20.1. The molecule has 0 spiro atoms. The first-order valence-corrected chi connectivity index (χ1v) is 9.54. The predicted molar refractivity (Wildman–Crippen MR) is 110 cm³/mol. The van der Waals surface area contributed by atoms with Crippen molar-refractivity contribution in [2.24, 2.45) is 0 Å². The van der Waals surface area contributed by atoms with Crippen LogP contribution in [0.25, 0.3) is 0 Å². The van der Waals surface area contributed by atoms with Gasteiger partial charge in [0.15, 0.2) is 0 Å². The third-order valence-corrected chi connectivity index (χ3v) is 4.83. The number of halogens is 1. The number of nitrogens with zero attached hydrogens (tertiary/aromatic N) is 3. The van der Waals surface area contributed by atoms with Crippen LogP contribution in [0.2, 0.25) is 5.02 Å². The maximum absolute atomic E-state index is 13.1. The van der Waals surface area contributed by atoms with Gasteiger partial charge in [0.05, 0.1) is 6.54 Å². The van der Waals surface area contributed by atoms with Gasteiger partial charge in [0.25, 0.3) is 5.91 Å². The highest BCUT2D eigenvalue weighted by molar-refractivity contribution is 6.30.